The van der Waals surface area contributed by atoms with Crippen molar-refractivity contribution in [3.8, 4) is 0 Å². The number of amides is 1. The van der Waals surface area contributed by atoms with Crippen molar-refractivity contribution in [2.75, 3.05) is 44.8 Å². The maximum atomic E-state index is 11.8. The normalized spacial score (nSPS) is 15.4. The van der Waals surface area contributed by atoms with Gasteiger partial charge in [-0.2, -0.15) is 0 Å². The second kappa shape index (κ2) is 6.50. The first kappa shape index (κ1) is 15.1. The number of piperazine rings is 1. The summed E-state index contributed by atoms with van der Waals surface area (Å²) in [4.78, 5) is 20.3. The number of pyridine rings is 1. The van der Waals surface area contributed by atoms with Crippen LogP contribution in [0.1, 0.15) is 0 Å². The smallest absolute Gasteiger partial charge is 0.248 e. The average molecular weight is 319 g/mol. The van der Waals surface area contributed by atoms with E-state index in [1.54, 1.807) is 12.3 Å². The standard InChI is InChI=1S/C16H17ClN3O2/c1-22-11-15(21)20-9-7-19(8-10-20)14-5-4-13(17)12-3-2-6-18-16(12)14/h2-4,6H,7-11H2,1H3. The summed E-state index contributed by atoms with van der Waals surface area (Å²) in [6.07, 6.45) is 1.76. The number of nitrogens with zero attached hydrogens (tertiary/aromatic N) is 3. The zero-order chi connectivity index (χ0) is 15.5. The Morgan fingerprint density at radius 3 is 2.91 bits per heavy atom. The highest BCUT2D eigenvalue weighted by atomic mass is 35.5. The fourth-order valence-electron chi connectivity index (χ4n) is 2.70. The van der Waals surface area contributed by atoms with E-state index < -0.39 is 0 Å². The molecule has 0 N–H and O–H groups in total. The Bertz CT molecular complexity index is 684. The van der Waals surface area contributed by atoms with Gasteiger partial charge in [0.15, 0.2) is 0 Å². The van der Waals surface area contributed by atoms with E-state index in [1.165, 1.54) is 7.11 Å². The van der Waals surface area contributed by atoms with Gasteiger partial charge in [0.2, 0.25) is 5.91 Å². The first-order valence-electron chi connectivity index (χ1n) is 7.17. The number of fused-ring (bicyclic) bond motifs is 1. The van der Waals surface area contributed by atoms with Gasteiger partial charge >= 0.3 is 0 Å². The fourth-order valence-corrected chi connectivity index (χ4v) is 2.91. The third-order valence-corrected chi connectivity index (χ3v) is 4.15. The van der Waals surface area contributed by atoms with E-state index in [9.17, 15) is 4.79 Å². The number of aromatic nitrogens is 1. The molecule has 0 bridgehead atoms. The topological polar surface area (TPSA) is 45.7 Å². The third-order valence-electron chi connectivity index (χ3n) is 3.84. The van der Waals surface area contributed by atoms with E-state index in [2.05, 4.69) is 16.0 Å². The quantitative estimate of drug-likeness (QED) is 0.868. The molecule has 1 aromatic carbocycles. The van der Waals surface area contributed by atoms with Crippen LogP contribution in [0.2, 0.25) is 5.02 Å². The number of rotatable bonds is 3. The Hall–Kier alpha value is -1.85. The molecule has 2 heterocycles. The van der Waals surface area contributed by atoms with Crippen molar-refractivity contribution in [1.29, 1.82) is 0 Å². The van der Waals surface area contributed by atoms with Gasteiger partial charge in [-0.3, -0.25) is 9.78 Å². The Morgan fingerprint density at radius 1 is 1.41 bits per heavy atom. The number of ether oxygens (including phenoxy) is 1. The maximum absolute atomic E-state index is 11.8. The molecule has 1 aromatic heterocycles. The Labute approximate surface area is 134 Å². The molecule has 2 aromatic rings. The lowest BCUT2D eigenvalue weighted by Crippen LogP contribution is -2.49. The largest absolute Gasteiger partial charge is 0.375 e. The lowest BCUT2D eigenvalue weighted by Gasteiger charge is -2.36. The molecule has 0 aliphatic carbocycles. The molecule has 1 aliphatic heterocycles. The van der Waals surface area contributed by atoms with E-state index in [0.29, 0.717) is 18.1 Å². The number of carbonyl (C=O) groups excluding carboxylic acids is 1. The molecule has 1 saturated heterocycles. The van der Waals surface area contributed by atoms with Crippen molar-refractivity contribution in [3.63, 3.8) is 0 Å². The molecule has 22 heavy (non-hydrogen) atoms. The van der Waals surface area contributed by atoms with Crippen LogP contribution in [0.5, 0.6) is 0 Å². The van der Waals surface area contributed by atoms with Crippen LogP contribution in [0.15, 0.2) is 24.4 Å². The van der Waals surface area contributed by atoms with Crippen molar-refractivity contribution in [2.45, 2.75) is 0 Å². The molecule has 0 unspecified atom stereocenters. The molecule has 5 nitrogen and oxygen atoms in total. The molecule has 1 aliphatic rings. The second-order valence-electron chi connectivity index (χ2n) is 5.19. The molecule has 3 rings (SSSR count). The lowest BCUT2D eigenvalue weighted by atomic mass is 10.1. The van der Waals surface area contributed by atoms with Crippen LogP contribution in [-0.4, -0.2) is 55.7 Å². The van der Waals surface area contributed by atoms with Gasteiger partial charge in [0.1, 0.15) is 6.61 Å². The highest BCUT2D eigenvalue weighted by molar-refractivity contribution is 6.35. The first-order chi connectivity index (χ1) is 10.7. The summed E-state index contributed by atoms with van der Waals surface area (Å²) in [5.41, 5.74) is 1.80. The van der Waals surface area contributed by atoms with Crippen molar-refractivity contribution in [2.24, 2.45) is 0 Å². The maximum Gasteiger partial charge on any atom is 0.248 e. The molecule has 0 spiro atoms. The number of anilines is 1. The summed E-state index contributed by atoms with van der Waals surface area (Å²) in [7, 11) is 1.54. The number of hydrogen-bond acceptors (Lipinski definition) is 4. The number of benzene rings is 1. The first-order valence-corrected chi connectivity index (χ1v) is 7.55. The van der Waals surface area contributed by atoms with Gasteiger partial charge in [-0.25, -0.2) is 0 Å². The van der Waals surface area contributed by atoms with Crippen LogP contribution in [0.25, 0.3) is 10.9 Å². The van der Waals surface area contributed by atoms with Gasteiger partial charge in [0, 0.05) is 50.9 Å². The molecule has 6 heteroatoms. The molecule has 0 atom stereocenters. The van der Waals surface area contributed by atoms with Crippen LogP contribution >= 0.6 is 11.6 Å². The van der Waals surface area contributed by atoms with Gasteiger partial charge < -0.3 is 14.5 Å². The monoisotopic (exact) mass is 318 g/mol. The van der Waals surface area contributed by atoms with Crippen LogP contribution in [0, 0.1) is 6.07 Å². The van der Waals surface area contributed by atoms with E-state index in [-0.39, 0.29) is 12.5 Å². The van der Waals surface area contributed by atoms with E-state index in [4.69, 9.17) is 16.3 Å². The van der Waals surface area contributed by atoms with Crippen LogP contribution in [-0.2, 0) is 9.53 Å². The van der Waals surface area contributed by atoms with E-state index >= 15 is 0 Å². The summed E-state index contributed by atoms with van der Waals surface area (Å²) >= 11 is 6.21. The number of methoxy groups -OCH3 is 1. The van der Waals surface area contributed by atoms with Crippen LogP contribution in [0.3, 0.4) is 0 Å². The summed E-state index contributed by atoms with van der Waals surface area (Å²) < 4.78 is 4.90. The fraction of sp³-hybridized carbons (Fsp3) is 0.375. The van der Waals surface area contributed by atoms with Crippen LogP contribution in [0.4, 0.5) is 5.69 Å². The summed E-state index contributed by atoms with van der Waals surface area (Å²) in [5, 5.41) is 1.58. The van der Waals surface area contributed by atoms with Crippen molar-refractivity contribution in [1.82, 2.24) is 9.88 Å². The molecule has 0 saturated carbocycles. The SMILES string of the molecule is COCC(=O)N1CCN(c2[c]cc(Cl)c3cccnc23)CC1. The number of hydrogen-bond donors (Lipinski definition) is 0. The minimum Gasteiger partial charge on any atom is -0.375 e. The molecule has 1 amide bonds. The minimum absolute atomic E-state index is 0.0326. The lowest BCUT2D eigenvalue weighted by molar-refractivity contribution is -0.135. The van der Waals surface area contributed by atoms with Gasteiger partial charge in [-0.05, 0) is 18.2 Å². The Kier molecular flexibility index (Phi) is 4.45. The predicted octanol–water partition coefficient (Wildman–Crippen LogP) is 1.98. The number of carbonyl (C=O) groups is 1. The zero-order valence-electron chi connectivity index (χ0n) is 12.4. The van der Waals surface area contributed by atoms with Crippen molar-refractivity contribution < 1.29 is 9.53 Å². The minimum atomic E-state index is 0.0326. The molecule has 1 radical (unpaired) electrons. The van der Waals surface area contributed by atoms with Crippen molar-refractivity contribution >= 4 is 34.1 Å². The van der Waals surface area contributed by atoms with Crippen molar-refractivity contribution in [3.05, 3.63) is 35.5 Å². The molecular weight excluding hydrogens is 302 g/mol. The Balaban J connectivity index is 1.80. The van der Waals surface area contributed by atoms with Gasteiger partial charge in [0.25, 0.3) is 0 Å². The number of halogens is 1. The third kappa shape index (κ3) is 2.87. The zero-order valence-corrected chi connectivity index (χ0v) is 13.1. The van der Waals surface area contributed by atoms with Gasteiger partial charge in [-0.1, -0.05) is 11.6 Å². The Morgan fingerprint density at radius 2 is 2.18 bits per heavy atom. The molecular formula is C16H17ClN3O2. The summed E-state index contributed by atoms with van der Waals surface area (Å²) in [6, 6.07) is 8.84. The highest BCUT2D eigenvalue weighted by Crippen LogP contribution is 2.30. The average Bonchev–Trinajstić information content (AvgIpc) is 2.56. The van der Waals surface area contributed by atoms with Crippen LogP contribution < -0.4 is 4.90 Å². The van der Waals surface area contributed by atoms with E-state index in [0.717, 1.165) is 29.7 Å². The van der Waals surface area contributed by atoms with Gasteiger partial charge in [0.05, 0.1) is 16.2 Å². The second-order valence-corrected chi connectivity index (χ2v) is 5.59. The molecule has 1 fully saturated rings. The predicted molar refractivity (Wildman–Crippen MR) is 86.3 cm³/mol. The highest BCUT2D eigenvalue weighted by Gasteiger charge is 2.22. The van der Waals surface area contributed by atoms with E-state index in [1.807, 2.05) is 17.0 Å². The summed E-state index contributed by atoms with van der Waals surface area (Å²) in [6.45, 7) is 2.98. The molecule has 115 valence electrons. The van der Waals surface area contributed by atoms with Gasteiger partial charge in [-0.15, -0.1) is 0 Å². The summed E-state index contributed by atoms with van der Waals surface area (Å²) in [5.74, 6) is 0.0326.